The van der Waals surface area contributed by atoms with Gasteiger partial charge in [0.25, 0.3) is 0 Å². The van der Waals surface area contributed by atoms with Gasteiger partial charge in [0.15, 0.2) is 11.0 Å². The lowest BCUT2D eigenvalue weighted by Gasteiger charge is -2.07. The molecular formula is C10H14ClNO2S2. The zero-order chi connectivity index (χ0) is 12.1. The lowest BCUT2D eigenvalue weighted by atomic mass is 10.1. The third kappa shape index (κ3) is 4.23. The summed E-state index contributed by atoms with van der Waals surface area (Å²) in [6, 6.07) is 3.33. The molecule has 0 fully saturated rings. The van der Waals surface area contributed by atoms with Crippen molar-refractivity contribution in [1.82, 2.24) is 4.72 Å². The Labute approximate surface area is 107 Å². The van der Waals surface area contributed by atoms with Gasteiger partial charge in [0.05, 0.1) is 4.34 Å². The van der Waals surface area contributed by atoms with Gasteiger partial charge in [-0.15, -0.1) is 11.3 Å². The molecule has 0 radical (unpaired) electrons. The van der Waals surface area contributed by atoms with E-state index in [1.54, 1.807) is 12.1 Å². The summed E-state index contributed by atoms with van der Waals surface area (Å²) in [5.74, 6) is 0.126. The van der Waals surface area contributed by atoms with Crippen LogP contribution in [-0.2, 0) is 15.8 Å². The summed E-state index contributed by atoms with van der Waals surface area (Å²) >= 11 is 6.93. The van der Waals surface area contributed by atoms with Crippen LogP contribution in [0.1, 0.15) is 26.7 Å². The Morgan fingerprint density at radius 2 is 2.31 bits per heavy atom. The van der Waals surface area contributed by atoms with E-state index in [-0.39, 0.29) is 5.91 Å². The van der Waals surface area contributed by atoms with E-state index in [0.717, 1.165) is 6.42 Å². The van der Waals surface area contributed by atoms with Gasteiger partial charge in [-0.2, -0.15) is 0 Å². The van der Waals surface area contributed by atoms with Crippen molar-refractivity contribution in [2.75, 3.05) is 0 Å². The largest absolute Gasteiger partial charge is 0.274 e. The number of amides is 1. The van der Waals surface area contributed by atoms with E-state index < -0.39 is 11.0 Å². The SMILES string of the molecule is CC[C@H](C)CC(=O)NS(=O)c1ccc(Cl)s1. The van der Waals surface area contributed by atoms with Crippen LogP contribution in [0.3, 0.4) is 0 Å². The van der Waals surface area contributed by atoms with Gasteiger partial charge in [-0.1, -0.05) is 31.9 Å². The number of nitrogens with one attached hydrogen (secondary N) is 1. The predicted octanol–water partition coefficient (Wildman–Crippen LogP) is 2.98. The molecule has 1 heterocycles. The summed E-state index contributed by atoms with van der Waals surface area (Å²) in [5.41, 5.74) is 0. The van der Waals surface area contributed by atoms with Crippen LogP contribution in [0.5, 0.6) is 0 Å². The van der Waals surface area contributed by atoms with E-state index in [1.807, 2.05) is 13.8 Å². The highest BCUT2D eigenvalue weighted by Gasteiger charge is 2.12. The van der Waals surface area contributed by atoms with E-state index in [1.165, 1.54) is 11.3 Å². The molecule has 3 nitrogen and oxygen atoms in total. The Bertz CT molecular complexity index is 392. The van der Waals surface area contributed by atoms with Crippen LogP contribution < -0.4 is 4.72 Å². The molecule has 1 rings (SSSR count). The highest BCUT2D eigenvalue weighted by Crippen LogP contribution is 2.23. The topological polar surface area (TPSA) is 46.2 Å². The molecule has 6 heteroatoms. The quantitative estimate of drug-likeness (QED) is 0.901. The number of thiophene rings is 1. The third-order valence-corrected chi connectivity index (χ3v) is 4.81. The first-order chi connectivity index (χ1) is 7.52. The smallest absolute Gasteiger partial charge is 0.232 e. The van der Waals surface area contributed by atoms with Crippen LogP contribution in [0.15, 0.2) is 16.3 Å². The summed E-state index contributed by atoms with van der Waals surface area (Å²) in [6.07, 6.45) is 1.34. The Morgan fingerprint density at radius 1 is 1.62 bits per heavy atom. The summed E-state index contributed by atoms with van der Waals surface area (Å²) in [5, 5.41) is 0. The molecule has 16 heavy (non-hydrogen) atoms. The molecule has 0 aromatic carbocycles. The van der Waals surface area contributed by atoms with E-state index in [4.69, 9.17) is 11.6 Å². The maximum Gasteiger partial charge on any atom is 0.232 e. The molecule has 0 saturated heterocycles. The fourth-order valence-electron chi connectivity index (χ4n) is 1.05. The number of halogens is 1. The number of rotatable bonds is 5. The van der Waals surface area contributed by atoms with Crippen LogP contribution in [0.2, 0.25) is 4.34 Å². The highest BCUT2D eigenvalue weighted by molar-refractivity contribution is 7.86. The molecule has 1 aromatic rings. The van der Waals surface area contributed by atoms with E-state index in [0.29, 0.717) is 20.9 Å². The molecule has 0 aliphatic heterocycles. The monoisotopic (exact) mass is 279 g/mol. The molecule has 0 aliphatic rings. The van der Waals surface area contributed by atoms with Crippen molar-refractivity contribution in [2.24, 2.45) is 5.92 Å². The summed E-state index contributed by atoms with van der Waals surface area (Å²) < 4.78 is 15.3. The first kappa shape index (κ1) is 13.7. The molecule has 90 valence electrons. The average Bonchev–Trinajstić information content (AvgIpc) is 2.64. The van der Waals surface area contributed by atoms with Crippen LogP contribution >= 0.6 is 22.9 Å². The molecule has 1 unspecified atom stereocenters. The zero-order valence-corrected chi connectivity index (χ0v) is 11.5. The molecule has 0 saturated carbocycles. The van der Waals surface area contributed by atoms with Gasteiger partial charge in [0, 0.05) is 6.42 Å². The van der Waals surface area contributed by atoms with Crippen molar-refractivity contribution >= 4 is 39.8 Å². The number of hydrogen-bond donors (Lipinski definition) is 1. The highest BCUT2D eigenvalue weighted by atomic mass is 35.5. The minimum absolute atomic E-state index is 0.183. The van der Waals surface area contributed by atoms with Gasteiger partial charge in [0.1, 0.15) is 4.21 Å². The number of carbonyl (C=O) groups excluding carboxylic acids is 1. The van der Waals surface area contributed by atoms with Gasteiger partial charge in [-0.3, -0.25) is 9.52 Å². The minimum atomic E-state index is -1.48. The third-order valence-electron chi connectivity index (χ3n) is 2.17. The van der Waals surface area contributed by atoms with Crippen LogP contribution in [0.25, 0.3) is 0 Å². The molecular weight excluding hydrogens is 266 g/mol. The van der Waals surface area contributed by atoms with E-state index >= 15 is 0 Å². The van der Waals surface area contributed by atoms with Gasteiger partial charge >= 0.3 is 0 Å². The van der Waals surface area contributed by atoms with Crippen molar-refractivity contribution in [1.29, 1.82) is 0 Å². The zero-order valence-electron chi connectivity index (χ0n) is 9.16. The van der Waals surface area contributed by atoms with Crippen molar-refractivity contribution < 1.29 is 9.00 Å². The van der Waals surface area contributed by atoms with Crippen molar-refractivity contribution in [3.05, 3.63) is 16.5 Å². The van der Waals surface area contributed by atoms with Gasteiger partial charge in [0.2, 0.25) is 5.91 Å². The van der Waals surface area contributed by atoms with Crippen molar-refractivity contribution in [2.45, 2.75) is 30.9 Å². The van der Waals surface area contributed by atoms with Crippen LogP contribution in [-0.4, -0.2) is 10.1 Å². The van der Waals surface area contributed by atoms with Gasteiger partial charge < -0.3 is 0 Å². The van der Waals surface area contributed by atoms with Gasteiger partial charge in [-0.05, 0) is 18.1 Å². The standard InChI is InChI=1S/C10H14ClNO2S2/c1-3-7(2)6-9(13)12-16(14)10-5-4-8(11)15-10/h4-5,7H,3,6H2,1-2H3,(H,12,13)/t7-,16?/m0/s1. The lowest BCUT2D eigenvalue weighted by Crippen LogP contribution is -2.26. The normalized spacial score (nSPS) is 14.4. The number of hydrogen-bond acceptors (Lipinski definition) is 3. The molecule has 1 aromatic heterocycles. The molecule has 0 spiro atoms. The first-order valence-corrected chi connectivity index (χ1v) is 7.34. The fourth-order valence-corrected chi connectivity index (χ4v) is 3.25. The predicted molar refractivity (Wildman–Crippen MR) is 68.0 cm³/mol. The Hall–Kier alpha value is -0.390. The number of carbonyl (C=O) groups is 1. The second-order valence-corrected chi connectivity index (χ2v) is 6.72. The molecule has 1 amide bonds. The summed E-state index contributed by atoms with van der Waals surface area (Å²) in [6.45, 7) is 4.01. The second-order valence-electron chi connectivity index (χ2n) is 3.57. The minimum Gasteiger partial charge on any atom is -0.274 e. The average molecular weight is 280 g/mol. The maximum absolute atomic E-state index is 11.7. The second kappa shape index (κ2) is 6.37. The van der Waals surface area contributed by atoms with Crippen LogP contribution in [0, 0.1) is 5.92 Å². The Balaban J connectivity index is 2.49. The van der Waals surface area contributed by atoms with E-state index in [2.05, 4.69) is 4.72 Å². The van der Waals surface area contributed by atoms with Crippen molar-refractivity contribution in [3.63, 3.8) is 0 Å². The van der Waals surface area contributed by atoms with Crippen LogP contribution in [0.4, 0.5) is 0 Å². The van der Waals surface area contributed by atoms with Crippen molar-refractivity contribution in [3.8, 4) is 0 Å². The molecule has 0 aliphatic carbocycles. The summed E-state index contributed by atoms with van der Waals surface area (Å²) in [7, 11) is -1.48. The Morgan fingerprint density at radius 3 is 2.81 bits per heavy atom. The fraction of sp³-hybridized carbons (Fsp3) is 0.500. The molecule has 2 atom stereocenters. The lowest BCUT2D eigenvalue weighted by molar-refractivity contribution is -0.120. The maximum atomic E-state index is 11.7. The Kier molecular flexibility index (Phi) is 5.44. The van der Waals surface area contributed by atoms with Gasteiger partial charge in [-0.25, -0.2) is 4.21 Å². The molecule has 1 N–H and O–H groups in total. The summed E-state index contributed by atoms with van der Waals surface area (Å²) in [4.78, 5) is 11.5. The van der Waals surface area contributed by atoms with E-state index in [9.17, 15) is 9.00 Å². The first-order valence-electron chi connectivity index (χ1n) is 4.99. The molecule has 0 bridgehead atoms.